The Hall–Kier alpha value is -6.05. The lowest BCUT2D eigenvalue weighted by Crippen LogP contribution is -2.49. The molecular formula is C39H38N6O6S. The highest BCUT2D eigenvalue weighted by Crippen LogP contribution is 2.42. The van der Waals surface area contributed by atoms with E-state index in [0.717, 1.165) is 35.6 Å². The van der Waals surface area contributed by atoms with E-state index in [1.807, 2.05) is 72.9 Å². The number of aryl methyl sites for hydroxylation is 1. The second-order valence-electron chi connectivity index (χ2n) is 12.3. The maximum absolute atomic E-state index is 13.5. The maximum atomic E-state index is 13.5. The first-order valence-corrected chi connectivity index (χ1v) is 18.3. The molecule has 0 fully saturated rings. The first-order valence-electron chi connectivity index (χ1n) is 16.4. The minimum absolute atomic E-state index is 0.162. The lowest BCUT2D eigenvalue weighted by molar-refractivity contribution is -0.142. The number of fused-ring (bicyclic) bond motifs is 1. The summed E-state index contributed by atoms with van der Waals surface area (Å²) in [5.74, 6) is -1.01. The molecule has 1 amide bonds. The third-order valence-corrected chi connectivity index (χ3v) is 9.55. The monoisotopic (exact) mass is 718 g/mol. The minimum atomic E-state index is -3.78. The molecule has 0 bridgehead atoms. The number of pyridine rings is 1. The van der Waals surface area contributed by atoms with Gasteiger partial charge in [-0.3, -0.25) is 19.0 Å². The molecule has 0 aliphatic heterocycles. The quantitative estimate of drug-likeness (QED) is 0.120. The average Bonchev–Trinajstić information content (AvgIpc) is 3.63. The number of sulfonamides is 1. The summed E-state index contributed by atoms with van der Waals surface area (Å²) < 4.78 is 34.0. The number of rotatable bonds is 13. The van der Waals surface area contributed by atoms with Crippen molar-refractivity contribution in [2.75, 3.05) is 25.2 Å². The van der Waals surface area contributed by atoms with Crippen LogP contribution in [0, 0.1) is 0 Å². The van der Waals surface area contributed by atoms with E-state index in [-0.39, 0.29) is 5.56 Å². The summed E-state index contributed by atoms with van der Waals surface area (Å²) in [4.78, 5) is 43.4. The Kier molecular flexibility index (Phi) is 10.4. The van der Waals surface area contributed by atoms with Crippen molar-refractivity contribution in [1.29, 1.82) is 0 Å². The van der Waals surface area contributed by atoms with Crippen LogP contribution in [-0.2, 0) is 38.7 Å². The average molecular weight is 719 g/mol. The molecule has 6 rings (SSSR count). The molecule has 12 nitrogen and oxygen atoms in total. The van der Waals surface area contributed by atoms with Gasteiger partial charge in [0.05, 0.1) is 18.9 Å². The summed E-state index contributed by atoms with van der Waals surface area (Å²) in [6, 6.07) is 34.9. The van der Waals surface area contributed by atoms with Crippen LogP contribution in [0.2, 0.25) is 0 Å². The summed E-state index contributed by atoms with van der Waals surface area (Å²) in [7, 11) is -0.961. The Bertz CT molecular complexity index is 2280. The van der Waals surface area contributed by atoms with Crippen molar-refractivity contribution in [3.8, 4) is 0 Å². The van der Waals surface area contributed by atoms with Gasteiger partial charge in [-0.15, -0.1) is 0 Å². The molecule has 0 spiro atoms. The molecule has 0 saturated heterocycles. The normalized spacial score (nSPS) is 12.3. The zero-order chi connectivity index (χ0) is 36.9. The van der Waals surface area contributed by atoms with Gasteiger partial charge in [0.2, 0.25) is 21.4 Å². The molecule has 1 unspecified atom stereocenters. The number of aromatic nitrogens is 3. The van der Waals surface area contributed by atoms with Crippen molar-refractivity contribution in [3.63, 3.8) is 0 Å². The molecule has 52 heavy (non-hydrogen) atoms. The van der Waals surface area contributed by atoms with Gasteiger partial charge < -0.3 is 19.9 Å². The maximum Gasteiger partial charge on any atom is 0.325 e. The van der Waals surface area contributed by atoms with Gasteiger partial charge in [0, 0.05) is 44.1 Å². The molecule has 2 heterocycles. The van der Waals surface area contributed by atoms with Gasteiger partial charge in [-0.2, -0.15) is 4.72 Å². The predicted molar refractivity (Wildman–Crippen MR) is 199 cm³/mol. The number of anilines is 1. The Labute approximate surface area is 301 Å². The van der Waals surface area contributed by atoms with Gasteiger partial charge in [0.15, 0.2) is 0 Å². The predicted octanol–water partition coefficient (Wildman–Crippen LogP) is 4.01. The number of hydrogen-bond acceptors (Lipinski definition) is 8. The number of carbonyl (C=O) groups excluding carboxylic acids is 2. The Morgan fingerprint density at radius 3 is 2.00 bits per heavy atom. The number of ether oxygens (including phenoxy) is 1. The second kappa shape index (κ2) is 15.1. The fourth-order valence-corrected chi connectivity index (χ4v) is 7.20. The van der Waals surface area contributed by atoms with Crippen LogP contribution in [0.15, 0.2) is 133 Å². The largest absolute Gasteiger partial charge is 0.468 e. The van der Waals surface area contributed by atoms with Crippen molar-refractivity contribution in [2.24, 2.45) is 7.05 Å². The summed E-state index contributed by atoms with van der Waals surface area (Å²) in [5, 5.41) is 6.31. The number of methoxy groups -OCH3 is 1. The lowest BCUT2D eigenvalue weighted by atomic mass is 9.76. The van der Waals surface area contributed by atoms with Gasteiger partial charge in [-0.1, -0.05) is 97.1 Å². The van der Waals surface area contributed by atoms with E-state index in [1.165, 1.54) is 6.20 Å². The Morgan fingerprint density at radius 1 is 0.885 bits per heavy atom. The summed E-state index contributed by atoms with van der Waals surface area (Å²) in [6.07, 6.45) is 6.04. The van der Waals surface area contributed by atoms with Gasteiger partial charge in [0.25, 0.3) is 5.91 Å². The van der Waals surface area contributed by atoms with Crippen LogP contribution in [0.3, 0.4) is 0 Å². The van der Waals surface area contributed by atoms with E-state index in [1.54, 1.807) is 23.9 Å². The smallest absolute Gasteiger partial charge is 0.325 e. The van der Waals surface area contributed by atoms with E-state index >= 15 is 0 Å². The topological polar surface area (TPSA) is 153 Å². The molecule has 0 aliphatic carbocycles. The van der Waals surface area contributed by atoms with Gasteiger partial charge in [0.1, 0.15) is 17.1 Å². The third kappa shape index (κ3) is 7.22. The van der Waals surface area contributed by atoms with Crippen LogP contribution in [0.5, 0.6) is 0 Å². The van der Waals surface area contributed by atoms with E-state index in [9.17, 15) is 22.8 Å². The van der Waals surface area contributed by atoms with Gasteiger partial charge >= 0.3 is 5.97 Å². The standard InChI is InChI=1S/C39H38N6O6S/c1-44-26-32(36(47)41-25-33(37(48)51-2)43-52(3,49)50)35(46)31-20-19-27(23-34(31)44)24-42-38-40-21-22-45(38)39(28-13-7-4-8-14-28,29-15-9-5-10-16-29)30-17-11-6-12-18-30/h4-23,26,33,43H,24-25H2,1-3H3,(H,40,42)(H,41,47). The highest BCUT2D eigenvalue weighted by atomic mass is 32.2. The summed E-state index contributed by atoms with van der Waals surface area (Å²) in [6.45, 7) is -0.0413. The van der Waals surface area contributed by atoms with Crippen molar-refractivity contribution in [1.82, 2.24) is 24.2 Å². The summed E-state index contributed by atoms with van der Waals surface area (Å²) in [5.41, 5.74) is 3.21. The van der Waals surface area contributed by atoms with Crippen LogP contribution in [0.1, 0.15) is 32.6 Å². The molecule has 2 aromatic heterocycles. The van der Waals surface area contributed by atoms with Crippen LogP contribution in [0.25, 0.3) is 10.9 Å². The molecule has 0 saturated carbocycles. The second-order valence-corrected chi connectivity index (χ2v) is 14.1. The zero-order valence-electron chi connectivity index (χ0n) is 28.8. The lowest BCUT2D eigenvalue weighted by Gasteiger charge is -2.38. The number of esters is 1. The first kappa shape index (κ1) is 35.8. The third-order valence-electron chi connectivity index (χ3n) is 8.83. The molecule has 1 atom stereocenters. The number of benzene rings is 4. The molecule has 4 aromatic carbocycles. The first-order chi connectivity index (χ1) is 25.0. The number of carbonyl (C=O) groups is 2. The van der Waals surface area contributed by atoms with Crippen LogP contribution in [-0.4, -0.2) is 60.4 Å². The van der Waals surface area contributed by atoms with Crippen molar-refractivity contribution in [2.45, 2.75) is 18.1 Å². The number of nitrogens with zero attached hydrogens (tertiary/aromatic N) is 3. The highest BCUT2D eigenvalue weighted by molar-refractivity contribution is 7.88. The summed E-state index contributed by atoms with van der Waals surface area (Å²) >= 11 is 0. The van der Waals surface area contributed by atoms with Crippen LogP contribution < -0.4 is 20.8 Å². The Balaban J connectivity index is 1.30. The van der Waals surface area contributed by atoms with Crippen LogP contribution >= 0.6 is 0 Å². The molecule has 0 radical (unpaired) electrons. The number of nitrogens with one attached hydrogen (secondary N) is 3. The Morgan fingerprint density at radius 2 is 1.46 bits per heavy atom. The fourth-order valence-electron chi connectivity index (χ4n) is 6.50. The zero-order valence-corrected chi connectivity index (χ0v) is 29.6. The molecular weight excluding hydrogens is 681 g/mol. The van der Waals surface area contributed by atoms with Crippen molar-refractivity contribution in [3.05, 3.63) is 166 Å². The van der Waals surface area contributed by atoms with Gasteiger partial charge in [-0.05, 0) is 34.4 Å². The van der Waals surface area contributed by atoms with E-state index < -0.39 is 45.5 Å². The van der Waals surface area contributed by atoms with E-state index in [2.05, 4.69) is 61.1 Å². The molecule has 266 valence electrons. The van der Waals surface area contributed by atoms with Crippen molar-refractivity contribution >= 4 is 38.8 Å². The minimum Gasteiger partial charge on any atom is -0.468 e. The molecule has 13 heteroatoms. The fraction of sp³-hybridized carbons (Fsp3) is 0.179. The molecule has 0 aliphatic rings. The number of imidazole rings is 1. The van der Waals surface area contributed by atoms with E-state index in [0.29, 0.717) is 23.4 Å². The molecule has 3 N–H and O–H groups in total. The van der Waals surface area contributed by atoms with Crippen molar-refractivity contribution < 1.29 is 22.7 Å². The molecule has 6 aromatic rings. The van der Waals surface area contributed by atoms with E-state index in [4.69, 9.17) is 4.98 Å². The SMILES string of the molecule is COC(=O)C(CNC(=O)c1cn(C)c2cc(CNc3nccn3C(c3ccccc3)(c3ccccc3)c3ccccc3)ccc2c1=O)NS(C)(=O)=O. The van der Waals surface area contributed by atoms with Gasteiger partial charge in [-0.25, -0.2) is 13.4 Å². The number of amides is 1. The van der Waals surface area contributed by atoms with Crippen LogP contribution in [0.4, 0.5) is 5.95 Å². The number of hydrogen-bond donors (Lipinski definition) is 3. The highest BCUT2D eigenvalue weighted by Gasteiger charge is 2.39.